The summed E-state index contributed by atoms with van der Waals surface area (Å²) in [5.74, 6) is -3.26. The molecule has 0 bridgehead atoms. The highest BCUT2D eigenvalue weighted by Gasteiger charge is 2.41. The predicted molar refractivity (Wildman–Crippen MR) is 38.7 cm³/mol. The molecule has 2 unspecified atom stereocenters. The summed E-state index contributed by atoms with van der Waals surface area (Å²) in [7, 11) is 0. The van der Waals surface area contributed by atoms with Gasteiger partial charge in [0.15, 0.2) is 12.2 Å². The summed E-state index contributed by atoms with van der Waals surface area (Å²) in [6, 6.07) is 0. The number of esters is 2. The molecule has 0 aromatic rings. The van der Waals surface area contributed by atoms with Gasteiger partial charge in [0, 0.05) is 6.92 Å². The van der Waals surface area contributed by atoms with Gasteiger partial charge in [0.05, 0.1) is 0 Å². The van der Waals surface area contributed by atoms with Crippen molar-refractivity contribution in [1.82, 2.24) is 0 Å². The minimum Gasteiger partial charge on any atom is -0.415 e. The SMILES string of the molecule is CC(=O)C1OC(=O)C(O)C(O)C(=O)O1. The molecule has 1 heterocycles. The first-order chi connectivity index (χ1) is 6.43. The maximum Gasteiger partial charge on any atom is 0.341 e. The van der Waals surface area contributed by atoms with Gasteiger partial charge in [-0.15, -0.1) is 0 Å². The molecule has 1 fully saturated rings. The number of cyclic esters (lactones) is 2. The molecule has 7 heteroatoms. The van der Waals surface area contributed by atoms with Gasteiger partial charge in [0.25, 0.3) is 0 Å². The van der Waals surface area contributed by atoms with E-state index in [1.807, 2.05) is 0 Å². The third-order valence-corrected chi connectivity index (χ3v) is 1.56. The van der Waals surface area contributed by atoms with E-state index in [0.717, 1.165) is 6.92 Å². The molecule has 1 saturated heterocycles. The molecule has 14 heavy (non-hydrogen) atoms. The number of hydrogen-bond acceptors (Lipinski definition) is 7. The van der Waals surface area contributed by atoms with Crippen molar-refractivity contribution in [2.45, 2.75) is 25.4 Å². The highest BCUT2D eigenvalue weighted by molar-refractivity contribution is 5.91. The number of ketones is 1. The second-order valence-corrected chi connectivity index (χ2v) is 2.71. The second-order valence-electron chi connectivity index (χ2n) is 2.71. The molecule has 0 radical (unpaired) electrons. The van der Waals surface area contributed by atoms with Crippen LogP contribution in [0.2, 0.25) is 0 Å². The molecule has 0 aromatic heterocycles. The summed E-state index contributed by atoms with van der Waals surface area (Å²) in [6.45, 7) is 1.04. The standard InChI is InChI=1S/C7H8O7/c1-2(8)7-13-5(11)3(9)4(10)6(12)14-7/h3-4,7,9-10H,1H3. The van der Waals surface area contributed by atoms with Crippen LogP contribution in [0.4, 0.5) is 0 Å². The van der Waals surface area contributed by atoms with E-state index >= 15 is 0 Å². The van der Waals surface area contributed by atoms with E-state index < -0.39 is 36.2 Å². The largest absolute Gasteiger partial charge is 0.415 e. The van der Waals surface area contributed by atoms with Gasteiger partial charge in [0.2, 0.25) is 5.78 Å². The lowest BCUT2D eigenvalue weighted by Crippen LogP contribution is -2.38. The van der Waals surface area contributed by atoms with Crippen LogP contribution in [-0.4, -0.2) is 46.4 Å². The highest BCUT2D eigenvalue weighted by Crippen LogP contribution is 2.10. The Kier molecular flexibility index (Phi) is 2.82. The predicted octanol–water partition coefficient (Wildman–Crippen LogP) is -2.28. The normalized spacial score (nSPS) is 32.9. The van der Waals surface area contributed by atoms with Crippen LogP contribution in [0, 0.1) is 0 Å². The van der Waals surface area contributed by atoms with E-state index in [1.165, 1.54) is 0 Å². The van der Waals surface area contributed by atoms with Crippen molar-refractivity contribution in [2.75, 3.05) is 0 Å². The Morgan fingerprint density at radius 2 is 1.50 bits per heavy atom. The third-order valence-electron chi connectivity index (χ3n) is 1.56. The first-order valence-electron chi connectivity index (χ1n) is 3.71. The molecule has 1 aliphatic heterocycles. The zero-order valence-corrected chi connectivity index (χ0v) is 7.17. The Morgan fingerprint density at radius 1 is 1.14 bits per heavy atom. The van der Waals surface area contributed by atoms with E-state index in [2.05, 4.69) is 9.47 Å². The summed E-state index contributed by atoms with van der Waals surface area (Å²) >= 11 is 0. The van der Waals surface area contributed by atoms with Crippen LogP contribution in [0.5, 0.6) is 0 Å². The first kappa shape index (κ1) is 10.6. The topological polar surface area (TPSA) is 110 Å². The van der Waals surface area contributed by atoms with Crippen LogP contribution in [0.15, 0.2) is 0 Å². The van der Waals surface area contributed by atoms with Crippen molar-refractivity contribution >= 4 is 17.7 Å². The summed E-state index contributed by atoms with van der Waals surface area (Å²) in [5.41, 5.74) is 0. The van der Waals surface area contributed by atoms with Crippen LogP contribution in [-0.2, 0) is 23.9 Å². The smallest absolute Gasteiger partial charge is 0.341 e. The summed E-state index contributed by atoms with van der Waals surface area (Å²) in [4.78, 5) is 32.5. The van der Waals surface area contributed by atoms with Gasteiger partial charge in [-0.05, 0) is 0 Å². The first-order valence-corrected chi connectivity index (χ1v) is 3.71. The Balaban J connectivity index is 2.88. The second kappa shape index (κ2) is 3.72. The van der Waals surface area contributed by atoms with Crippen molar-refractivity contribution < 1.29 is 34.1 Å². The van der Waals surface area contributed by atoms with Crippen molar-refractivity contribution in [3.8, 4) is 0 Å². The van der Waals surface area contributed by atoms with Gasteiger partial charge in [-0.1, -0.05) is 0 Å². The van der Waals surface area contributed by atoms with Crippen LogP contribution in [0.25, 0.3) is 0 Å². The fourth-order valence-electron chi connectivity index (χ4n) is 0.798. The monoisotopic (exact) mass is 204 g/mol. The van der Waals surface area contributed by atoms with E-state index in [0.29, 0.717) is 0 Å². The zero-order chi connectivity index (χ0) is 10.9. The lowest BCUT2D eigenvalue weighted by atomic mass is 10.2. The number of rotatable bonds is 1. The third kappa shape index (κ3) is 1.88. The molecule has 0 aromatic carbocycles. The van der Waals surface area contributed by atoms with Crippen LogP contribution >= 0.6 is 0 Å². The number of Topliss-reactive ketones (excluding diaryl/α,β-unsaturated/α-hetero) is 1. The molecule has 1 aliphatic rings. The Bertz CT molecular complexity index is 262. The molecule has 0 amide bonds. The van der Waals surface area contributed by atoms with Crippen molar-refractivity contribution in [1.29, 1.82) is 0 Å². The molecule has 0 spiro atoms. The number of carbonyl (C=O) groups excluding carboxylic acids is 3. The lowest BCUT2D eigenvalue weighted by Gasteiger charge is -2.10. The van der Waals surface area contributed by atoms with Gasteiger partial charge in [-0.25, -0.2) is 9.59 Å². The maximum absolute atomic E-state index is 10.9. The molecule has 2 atom stereocenters. The molecular weight excluding hydrogens is 196 g/mol. The fraction of sp³-hybridized carbons (Fsp3) is 0.571. The molecular formula is C7H8O7. The minimum atomic E-state index is -2.02. The average molecular weight is 204 g/mol. The van der Waals surface area contributed by atoms with Crippen LogP contribution < -0.4 is 0 Å². The number of carbonyl (C=O) groups is 3. The van der Waals surface area contributed by atoms with Crippen LogP contribution in [0.1, 0.15) is 6.92 Å². The highest BCUT2D eigenvalue weighted by atomic mass is 16.7. The molecule has 78 valence electrons. The minimum absolute atomic E-state index is 0.715. The van der Waals surface area contributed by atoms with Crippen molar-refractivity contribution in [2.24, 2.45) is 0 Å². The molecule has 2 N–H and O–H groups in total. The van der Waals surface area contributed by atoms with E-state index in [9.17, 15) is 14.4 Å². The Labute approximate surface area is 78.2 Å². The van der Waals surface area contributed by atoms with Crippen LogP contribution in [0.3, 0.4) is 0 Å². The maximum atomic E-state index is 10.9. The van der Waals surface area contributed by atoms with Gasteiger partial charge >= 0.3 is 18.2 Å². The van der Waals surface area contributed by atoms with Crippen molar-refractivity contribution in [3.63, 3.8) is 0 Å². The van der Waals surface area contributed by atoms with Crippen molar-refractivity contribution in [3.05, 3.63) is 0 Å². The summed E-state index contributed by atoms with van der Waals surface area (Å²) in [6.07, 6.45) is -5.74. The average Bonchev–Trinajstić information content (AvgIpc) is 2.20. The van der Waals surface area contributed by atoms with E-state index in [1.54, 1.807) is 0 Å². The van der Waals surface area contributed by atoms with E-state index in [-0.39, 0.29) is 0 Å². The van der Waals surface area contributed by atoms with Gasteiger partial charge < -0.3 is 19.7 Å². The Morgan fingerprint density at radius 3 is 1.79 bits per heavy atom. The van der Waals surface area contributed by atoms with Gasteiger partial charge in [0.1, 0.15) is 0 Å². The molecule has 0 saturated carbocycles. The zero-order valence-electron chi connectivity index (χ0n) is 7.17. The van der Waals surface area contributed by atoms with Gasteiger partial charge in [-0.2, -0.15) is 0 Å². The summed E-state index contributed by atoms with van der Waals surface area (Å²) < 4.78 is 8.57. The molecule has 7 nitrogen and oxygen atoms in total. The lowest BCUT2D eigenvalue weighted by molar-refractivity contribution is -0.187. The van der Waals surface area contributed by atoms with E-state index in [4.69, 9.17) is 10.2 Å². The quantitative estimate of drug-likeness (QED) is 0.463. The van der Waals surface area contributed by atoms with Gasteiger partial charge in [-0.3, -0.25) is 4.79 Å². The molecule has 1 rings (SSSR count). The Hall–Kier alpha value is -1.47. The number of ether oxygens (including phenoxy) is 2. The number of aliphatic hydroxyl groups excluding tert-OH is 2. The summed E-state index contributed by atoms with van der Waals surface area (Å²) in [5, 5.41) is 17.9. The fourth-order valence-corrected chi connectivity index (χ4v) is 0.798. The number of hydrogen-bond donors (Lipinski definition) is 2. The molecule has 0 aliphatic carbocycles. The number of aliphatic hydroxyl groups is 2.